The lowest BCUT2D eigenvalue weighted by molar-refractivity contribution is 0.0827. The van der Waals surface area contributed by atoms with Gasteiger partial charge >= 0.3 is 0 Å². The molecule has 0 spiro atoms. The summed E-state index contributed by atoms with van der Waals surface area (Å²) in [6.07, 6.45) is 0.857. The minimum absolute atomic E-state index is 0.0326. The normalized spacial score (nSPS) is 10.0. The molecule has 0 aliphatic carbocycles. The van der Waals surface area contributed by atoms with Crippen LogP contribution >= 0.6 is 0 Å². The highest BCUT2D eigenvalue weighted by atomic mass is 16.2. The van der Waals surface area contributed by atoms with Crippen molar-refractivity contribution in [3.05, 3.63) is 29.1 Å². The maximum absolute atomic E-state index is 11.7. The van der Waals surface area contributed by atoms with Crippen LogP contribution in [0.5, 0.6) is 0 Å². The third kappa shape index (κ3) is 2.31. The number of rotatable bonds is 2. The van der Waals surface area contributed by atoms with Gasteiger partial charge in [0.25, 0.3) is 5.91 Å². The number of amides is 1. The first-order chi connectivity index (χ1) is 6.54. The molecule has 3 heteroatoms. The Hall–Kier alpha value is -1.38. The fourth-order valence-electron chi connectivity index (χ4n) is 1.30. The molecular formula is C11H16N2O. The summed E-state index contributed by atoms with van der Waals surface area (Å²) in [5.41, 5.74) is 2.59. The lowest BCUT2D eigenvalue weighted by Crippen LogP contribution is -2.22. The highest BCUT2D eigenvalue weighted by Crippen LogP contribution is 2.08. The van der Waals surface area contributed by atoms with Crippen LogP contribution in [0.2, 0.25) is 0 Å². The van der Waals surface area contributed by atoms with Crippen LogP contribution in [0.1, 0.15) is 28.7 Å². The van der Waals surface area contributed by atoms with Crippen LogP contribution in [-0.2, 0) is 6.42 Å². The molecule has 1 aromatic rings. The molecule has 0 fully saturated rings. The summed E-state index contributed by atoms with van der Waals surface area (Å²) in [5.74, 6) is 0.0326. The number of aryl methyl sites for hydroxylation is 2. The molecule has 0 aliphatic heterocycles. The van der Waals surface area contributed by atoms with Gasteiger partial charge in [0.1, 0.15) is 0 Å². The van der Waals surface area contributed by atoms with E-state index in [1.807, 2.05) is 26.0 Å². The summed E-state index contributed by atoms with van der Waals surface area (Å²) in [6, 6.07) is 3.68. The van der Waals surface area contributed by atoms with Gasteiger partial charge in [-0.1, -0.05) is 6.92 Å². The molecule has 14 heavy (non-hydrogen) atoms. The van der Waals surface area contributed by atoms with E-state index in [2.05, 4.69) is 4.98 Å². The topological polar surface area (TPSA) is 33.2 Å². The first-order valence-corrected chi connectivity index (χ1v) is 4.73. The quantitative estimate of drug-likeness (QED) is 0.714. The predicted molar refractivity (Wildman–Crippen MR) is 56.4 cm³/mol. The zero-order valence-corrected chi connectivity index (χ0v) is 9.16. The molecule has 3 nitrogen and oxygen atoms in total. The van der Waals surface area contributed by atoms with Gasteiger partial charge in [-0.25, -0.2) is 0 Å². The predicted octanol–water partition coefficient (Wildman–Crippen LogP) is 1.65. The zero-order chi connectivity index (χ0) is 10.7. The van der Waals surface area contributed by atoms with Crippen LogP contribution < -0.4 is 0 Å². The van der Waals surface area contributed by atoms with E-state index in [4.69, 9.17) is 0 Å². The molecule has 0 saturated carbocycles. The third-order valence-corrected chi connectivity index (χ3v) is 2.02. The lowest BCUT2D eigenvalue weighted by atomic mass is 10.1. The number of nitrogens with zero attached hydrogens (tertiary/aromatic N) is 2. The van der Waals surface area contributed by atoms with Gasteiger partial charge < -0.3 is 4.90 Å². The van der Waals surface area contributed by atoms with E-state index >= 15 is 0 Å². The van der Waals surface area contributed by atoms with Crippen LogP contribution in [-0.4, -0.2) is 29.9 Å². The maximum Gasteiger partial charge on any atom is 0.253 e. The lowest BCUT2D eigenvalue weighted by Gasteiger charge is -2.11. The van der Waals surface area contributed by atoms with E-state index in [0.29, 0.717) is 0 Å². The van der Waals surface area contributed by atoms with Crippen LogP contribution in [0.3, 0.4) is 0 Å². The Kier molecular flexibility index (Phi) is 3.23. The number of hydrogen-bond acceptors (Lipinski definition) is 2. The van der Waals surface area contributed by atoms with E-state index in [0.717, 1.165) is 23.4 Å². The number of carbonyl (C=O) groups is 1. The standard InChI is InChI=1S/C11H16N2O/c1-5-10-7-9(6-8(2)12-10)11(14)13(3)4/h6-7H,5H2,1-4H3. The third-order valence-electron chi connectivity index (χ3n) is 2.02. The SMILES string of the molecule is CCc1cc(C(=O)N(C)C)cc(C)n1. The molecule has 0 radical (unpaired) electrons. The molecule has 1 amide bonds. The van der Waals surface area contributed by atoms with E-state index in [-0.39, 0.29) is 5.91 Å². The van der Waals surface area contributed by atoms with Crippen molar-refractivity contribution in [2.45, 2.75) is 20.3 Å². The number of aromatic nitrogens is 1. The van der Waals surface area contributed by atoms with Crippen molar-refractivity contribution in [2.24, 2.45) is 0 Å². The van der Waals surface area contributed by atoms with Gasteiger partial charge in [0, 0.05) is 31.0 Å². The number of pyridine rings is 1. The second-order valence-corrected chi connectivity index (χ2v) is 3.54. The van der Waals surface area contributed by atoms with E-state index < -0.39 is 0 Å². The summed E-state index contributed by atoms with van der Waals surface area (Å²) in [4.78, 5) is 17.6. The summed E-state index contributed by atoms with van der Waals surface area (Å²) in [5, 5.41) is 0. The highest BCUT2D eigenvalue weighted by molar-refractivity contribution is 5.94. The second kappa shape index (κ2) is 4.22. The first kappa shape index (κ1) is 10.7. The van der Waals surface area contributed by atoms with Gasteiger partial charge in [0.15, 0.2) is 0 Å². The van der Waals surface area contributed by atoms with Crippen molar-refractivity contribution in [3.8, 4) is 0 Å². The minimum Gasteiger partial charge on any atom is -0.345 e. The van der Waals surface area contributed by atoms with Gasteiger partial charge in [-0.3, -0.25) is 9.78 Å². The van der Waals surface area contributed by atoms with Gasteiger partial charge in [-0.2, -0.15) is 0 Å². The van der Waals surface area contributed by atoms with E-state index in [1.54, 1.807) is 19.0 Å². The fourth-order valence-corrected chi connectivity index (χ4v) is 1.30. The molecule has 76 valence electrons. The van der Waals surface area contributed by atoms with E-state index in [9.17, 15) is 4.79 Å². The second-order valence-electron chi connectivity index (χ2n) is 3.54. The smallest absolute Gasteiger partial charge is 0.253 e. The summed E-state index contributed by atoms with van der Waals surface area (Å²) < 4.78 is 0. The minimum atomic E-state index is 0.0326. The van der Waals surface area contributed by atoms with Crippen molar-refractivity contribution < 1.29 is 4.79 Å². The molecule has 0 atom stereocenters. The van der Waals surface area contributed by atoms with Gasteiger partial charge in [0.2, 0.25) is 0 Å². The molecule has 1 rings (SSSR count). The molecule has 0 bridgehead atoms. The van der Waals surface area contributed by atoms with Crippen molar-refractivity contribution in [2.75, 3.05) is 14.1 Å². The molecular weight excluding hydrogens is 176 g/mol. The zero-order valence-electron chi connectivity index (χ0n) is 9.16. The monoisotopic (exact) mass is 192 g/mol. The average Bonchev–Trinajstić information content (AvgIpc) is 2.15. The Labute approximate surface area is 84.8 Å². The van der Waals surface area contributed by atoms with Crippen LogP contribution in [0, 0.1) is 6.92 Å². The summed E-state index contributed by atoms with van der Waals surface area (Å²) in [7, 11) is 3.51. The van der Waals surface area contributed by atoms with Crippen LogP contribution in [0.15, 0.2) is 12.1 Å². The summed E-state index contributed by atoms with van der Waals surface area (Å²) >= 11 is 0. The van der Waals surface area contributed by atoms with Crippen molar-refractivity contribution >= 4 is 5.91 Å². The Balaban J connectivity index is 3.09. The van der Waals surface area contributed by atoms with Gasteiger partial charge in [0.05, 0.1) is 0 Å². The fraction of sp³-hybridized carbons (Fsp3) is 0.455. The molecule has 0 N–H and O–H groups in total. The molecule has 0 aromatic carbocycles. The largest absolute Gasteiger partial charge is 0.345 e. The van der Waals surface area contributed by atoms with Crippen molar-refractivity contribution in [1.29, 1.82) is 0 Å². The molecule has 1 aromatic heterocycles. The van der Waals surface area contributed by atoms with Gasteiger partial charge in [-0.05, 0) is 25.5 Å². The Morgan fingerprint density at radius 2 is 2.07 bits per heavy atom. The maximum atomic E-state index is 11.7. The molecule has 1 heterocycles. The van der Waals surface area contributed by atoms with Crippen molar-refractivity contribution in [1.82, 2.24) is 9.88 Å². The Bertz CT molecular complexity index is 345. The highest BCUT2D eigenvalue weighted by Gasteiger charge is 2.09. The number of carbonyl (C=O) groups excluding carboxylic acids is 1. The van der Waals surface area contributed by atoms with E-state index in [1.165, 1.54) is 0 Å². The Morgan fingerprint density at radius 3 is 2.57 bits per heavy atom. The summed E-state index contributed by atoms with van der Waals surface area (Å²) in [6.45, 7) is 3.94. The molecule has 0 saturated heterocycles. The number of hydrogen-bond donors (Lipinski definition) is 0. The van der Waals surface area contributed by atoms with Crippen LogP contribution in [0.25, 0.3) is 0 Å². The average molecular weight is 192 g/mol. The van der Waals surface area contributed by atoms with Crippen molar-refractivity contribution in [3.63, 3.8) is 0 Å². The van der Waals surface area contributed by atoms with Gasteiger partial charge in [-0.15, -0.1) is 0 Å². The molecule has 0 unspecified atom stereocenters. The molecule has 0 aliphatic rings. The van der Waals surface area contributed by atoms with Crippen LogP contribution in [0.4, 0.5) is 0 Å². The first-order valence-electron chi connectivity index (χ1n) is 4.73. The Morgan fingerprint density at radius 1 is 1.43 bits per heavy atom.